The van der Waals surface area contributed by atoms with E-state index in [4.69, 9.17) is 0 Å². The number of hydrogen-bond acceptors (Lipinski definition) is 4. The van der Waals surface area contributed by atoms with Crippen molar-refractivity contribution in [1.29, 1.82) is 0 Å². The van der Waals surface area contributed by atoms with Crippen LogP contribution in [0.4, 0.5) is 0 Å². The summed E-state index contributed by atoms with van der Waals surface area (Å²) in [5.74, 6) is 0.505. The molecule has 26 heavy (non-hydrogen) atoms. The van der Waals surface area contributed by atoms with Gasteiger partial charge in [-0.15, -0.1) is 0 Å². The lowest BCUT2D eigenvalue weighted by atomic mass is 9.91. The van der Waals surface area contributed by atoms with Crippen LogP contribution in [0.5, 0.6) is 0 Å². The van der Waals surface area contributed by atoms with E-state index in [1.54, 1.807) is 6.20 Å². The third-order valence-electron chi connectivity index (χ3n) is 5.12. The Labute approximate surface area is 153 Å². The molecule has 4 rings (SSSR count). The maximum atomic E-state index is 12.8. The maximum Gasteiger partial charge on any atom is 0.257 e. The predicted octanol–water partition coefficient (Wildman–Crippen LogP) is 3.43. The van der Waals surface area contributed by atoms with Crippen LogP contribution < -0.4 is 0 Å². The van der Waals surface area contributed by atoms with Crippen LogP contribution in [0.2, 0.25) is 0 Å². The summed E-state index contributed by atoms with van der Waals surface area (Å²) in [5.41, 5.74) is 3.62. The number of nitrogens with zero attached hydrogens (tertiary/aromatic N) is 4. The Bertz CT molecular complexity index is 940. The number of hydrogen-bond donors (Lipinski definition) is 0. The Morgan fingerprint density at radius 2 is 2.12 bits per heavy atom. The van der Waals surface area contributed by atoms with Crippen molar-refractivity contribution in [3.05, 3.63) is 65.9 Å². The molecule has 0 bridgehead atoms. The van der Waals surface area contributed by atoms with E-state index in [2.05, 4.69) is 27.1 Å². The van der Waals surface area contributed by atoms with Crippen molar-refractivity contribution < 1.29 is 4.79 Å². The number of rotatable bonds is 3. The molecule has 3 aromatic rings. The molecule has 1 fully saturated rings. The summed E-state index contributed by atoms with van der Waals surface area (Å²) in [5, 5.41) is 1.17. The van der Waals surface area contributed by atoms with Gasteiger partial charge in [-0.3, -0.25) is 9.78 Å². The number of carbonyl (C=O) groups excluding carboxylic acids is 1. The second-order valence-electron chi connectivity index (χ2n) is 7.02. The van der Waals surface area contributed by atoms with Crippen LogP contribution in [0.15, 0.2) is 49.1 Å². The van der Waals surface area contributed by atoms with Crippen LogP contribution in [-0.2, 0) is 6.42 Å². The summed E-state index contributed by atoms with van der Waals surface area (Å²) in [6.07, 6.45) is 8.20. The third kappa shape index (κ3) is 3.43. The number of carbonyl (C=O) groups is 1. The zero-order chi connectivity index (χ0) is 17.9. The number of fused-ring (bicyclic) bond motifs is 1. The normalized spacial score (nSPS) is 17.4. The lowest BCUT2D eigenvalue weighted by molar-refractivity contribution is 0.0671. The third-order valence-corrected chi connectivity index (χ3v) is 5.12. The molecular weight excluding hydrogens is 324 g/mol. The summed E-state index contributed by atoms with van der Waals surface area (Å²) in [4.78, 5) is 27.5. The molecule has 1 amide bonds. The number of amides is 1. The number of pyridine rings is 1. The van der Waals surface area contributed by atoms with Crippen molar-refractivity contribution in [3.8, 4) is 0 Å². The quantitative estimate of drug-likeness (QED) is 0.729. The molecule has 0 saturated carbocycles. The van der Waals surface area contributed by atoms with Crippen LogP contribution in [-0.4, -0.2) is 38.8 Å². The van der Waals surface area contributed by atoms with Gasteiger partial charge in [-0.1, -0.05) is 18.2 Å². The number of para-hydroxylation sites is 1. The predicted molar refractivity (Wildman–Crippen MR) is 101 cm³/mol. The Kier molecular flexibility index (Phi) is 4.61. The minimum atomic E-state index is 0.0458. The largest absolute Gasteiger partial charge is 0.338 e. The molecule has 1 atom stereocenters. The smallest absolute Gasteiger partial charge is 0.257 e. The molecule has 0 radical (unpaired) electrons. The van der Waals surface area contributed by atoms with Crippen molar-refractivity contribution in [3.63, 3.8) is 0 Å². The van der Waals surface area contributed by atoms with E-state index in [0.29, 0.717) is 11.5 Å². The van der Waals surface area contributed by atoms with Crippen molar-refractivity contribution in [2.24, 2.45) is 5.92 Å². The lowest BCUT2D eigenvalue weighted by Gasteiger charge is -2.33. The van der Waals surface area contributed by atoms with Crippen LogP contribution in [0.1, 0.15) is 34.5 Å². The molecule has 0 aliphatic carbocycles. The minimum Gasteiger partial charge on any atom is -0.338 e. The van der Waals surface area contributed by atoms with Crippen molar-refractivity contribution in [2.45, 2.75) is 26.2 Å². The van der Waals surface area contributed by atoms with Crippen LogP contribution in [0.3, 0.4) is 0 Å². The number of aryl methyl sites for hydroxylation is 1. The van der Waals surface area contributed by atoms with Crippen molar-refractivity contribution >= 4 is 16.8 Å². The van der Waals surface area contributed by atoms with Gasteiger partial charge in [0.2, 0.25) is 0 Å². The van der Waals surface area contributed by atoms with Crippen molar-refractivity contribution in [1.82, 2.24) is 19.9 Å². The summed E-state index contributed by atoms with van der Waals surface area (Å²) in [6.45, 7) is 3.44. The topological polar surface area (TPSA) is 59.0 Å². The highest BCUT2D eigenvalue weighted by molar-refractivity contribution is 5.95. The highest BCUT2D eigenvalue weighted by atomic mass is 16.2. The van der Waals surface area contributed by atoms with Crippen LogP contribution in [0, 0.1) is 12.8 Å². The van der Waals surface area contributed by atoms with E-state index in [1.807, 2.05) is 36.2 Å². The second-order valence-corrected chi connectivity index (χ2v) is 7.02. The molecule has 1 aromatic carbocycles. The van der Waals surface area contributed by atoms with Gasteiger partial charge in [0.05, 0.1) is 16.8 Å². The average Bonchev–Trinajstić information content (AvgIpc) is 2.68. The van der Waals surface area contributed by atoms with Crippen LogP contribution >= 0.6 is 0 Å². The Morgan fingerprint density at radius 3 is 3.00 bits per heavy atom. The van der Waals surface area contributed by atoms with Gasteiger partial charge in [0.15, 0.2) is 0 Å². The van der Waals surface area contributed by atoms with E-state index in [1.165, 1.54) is 17.3 Å². The van der Waals surface area contributed by atoms with Crippen LogP contribution in [0.25, 0.3) is 10.9 Å². The number of piperidine rings is 1. The first-order chi connectivity index (χ1) is 12.7. The first-order valence-electron chi connectivity index (χ1n) is 9.10. The van der Waals surface area contributed by atoms with Gasteiger partial charge in [-0.2, -0.15) is 0 Å². The molecule has 132 valence electrons. The van der Waals surface area contributed by atoms with E-state index in [0.717, 1.165) is 43.6 Å². The molecule has 1 aliphatic heterocycles. The number of likely N-dealkylation sites (tertiary alicyclic amines) is 1. The fraction of sp³-hybridized carbons (Fsp3) is 0.333. The molecule has 0 N–H and O–H groups in total. The number of aromatic nitrogens is 3. The molecule has 5 nitrogen and oxygen atoms in total. The summed E-state index contributed by atoms with van der Waals surface area (Å²) in [7, 11) is 0. The van der Waals surface area contributed by atoms with E-state index < -0.39 is 0 Å². The Balaban J connectivity index is 1.48. The zero-order valence-corrected chi connectivity index (χ0v) is 14.9. The summed E-state index contributed by atoms with van der Waals surface area (Å²) >= 11 is 0. The minimum absolute atomic E-state index is 0.0458. The van der Waals surface area contributed by atoms with Crippen molar-refractivity contribution in [2.75, 3.05) is 13.1 Å². The lowest BCUT2D eigenvalue weighted by Crippen LogP contribution is -2.40. The fourth-order valence-corrected chi connectivity index (χ4v) is 3.75. The van der Waals surface area contributed by atoms with Gasteiger partial charge < -0.3 is 4.90 Å². The highest BCUT2D eigenvalue weighted by Crippen LogP contribution is 2.23. The van der Waals surface area contributed by atoms with E-state index in [9.17, 15) is 4.79 Å². The van der Waals surface area contributed by atoms with E-state index in [-0.39, 0.29) is 5.91 Å². The average molecular weight is 346 g/mol. The second kappa shape index (κ2) is 7.20. The maximum absolute atomic E-state index is 12.8. The Hall–Kier alpha value is -2.82. The Morgan fingerprint density at radius 1 is 1.23 bits per heavy atom. The molecule has 1 unspecified atom stereocenters. The first kappa shape index (κ1) is 16.6. The van der Waals surface area contributed by atoms with E-state index >= 15 is 0 Å². The summed E-state index contributed by atoms with van der Waals surface area (Å²) < 4.78 is 0. The van der Waals surface area contributed by atoms with Gasteiger partial charge in [-0.25, -0.2) is 9.97 Å². The zero-order valence-electron chi connectivity index (χ0n) is 14.9. The molecule has 5 heteroatoms. The standard InChI is InChI=1S/C21H22N4O/c1-15-19(12-22-14-24-15)21(26)25-8-4-5-16(13-25)9-17-10-18-6-2-3-7-20(18)23-11-17/h2-3,6-7,10-12,14,16H,4-5,8-9,13H2,1H3. The monoisotopic (exact) mass is 346 g/mol. The first-order valence-corrected chi connectivity index (χ1v) is 9.10. The highest BCUT2D eigenvalue weighted by Gasteiger charge is 2.26. The summed E-state index contributed by atoms with van der Waals surface area (Å²) in [6, 6.07) is 10.4. The van der Waals surface area contributed by atoms with Gasteiger partial charge >= 0.3 is 0 Å². The molecule has 0 spiro atoms. The SMILES string of the molecule is Cc1ncncc1C(=O)N1CCCC(Cc2cnc3ccccc3c2)C1. The molecule has 3 heterocycles. The molecule has 1 aliphatic rings. The van der Waals surface area contributed by atoms with Gasteiger partial charge in [0.1, 0.15) is 6.33 Å². The van der Waals surface area contributed by atoms with Gasteiger partial charge in [0.25, 0.3) is 5.91 Å². The fourth-order valence-electron chi connectivity index (χ4n) is 3.75. The molecular formula is C21H22N4O. The van der Waals surface area contributed by atoms with Gasteiger partial charge in [-0.05, 0) is 49.8 Å². The molecule has 1 saturated heterocycles. The molecule has 2 aromatic heterocycles. The van der Waals surface area contributed by atoms with Gasteiger partial charge in [0, 0.05) is 30.9 Å². The number of benzene rings is 1.